The molecule has 132 valence electrons. The number of alkyl halides is 3. The third kappa shape index (κ3) is 5.10. The number of carbonyl (C=O) groups is 1. The van der Waals surface area contributed by atoms with Crippen molar-refractivity contribution in [2.75, 3.05) is 11.1 Å². The van der Waals surface area contributed by atoms with Crippen molar-refractivity contribution in [1.82, 2.24) is 0 Å². The van der Waals surface area contributed by atoms with E-state index in [-0.39, 0.29) is 10.6 Å². The minimum atomic E-state index is -4.69. The number of nitro benzene ring substituents is 1. The monoisotopic (exact) mass is 390 g/mol. The van der Waals surface area contributed by atoms with Gasteiger partial charge in [0.2, 0.25) is 5.91 Å². The molecule has 0 saturated carbocycles. The fraction of sp³-hybridized carbons (Fsp3) is 0.133. The van der Waals surface area contributed by atoms with E-state index in [0.717, 1.165) is 23.9 Å². The highest BCUT2D eigenvalue weighted by molar-refractivity contribution is 8.00. The molecule has 5 nitrogen and oxygen atoms in total. The smallest absolute Gasteiger partial charge is 0.324 e. The zero-order valence-electron chi connectivity index (χ0n) is 12.3. The zero-order chi connectivity index (χ0) is 18.6. The summed E-state index contributed by atoms with van der Waals surface area (Å²) in [6, 6.07) is 8.66. The molecule has 0 saturated heterocycles. The molecule has 2 aromatic rings. The molecular weight excluding hydrogens is 381 g/mol. The number of carbonyl (C=O) groups excluding carboxylic acids is 1. The van der Waals surface area contributed by atoms with Gasteiger partial charge in [0, 0.05) is 6.07 Å². The van der Waals surface area contributed by atoms with Crippen LogP contribution in [0.2, 0.25) is 5.02 Å². The number of nitro groups is 1. The molecule has 0 atom stereocenters. The number of rotatable bonds is 5. The van der Waals surface area contributed by atoms with Gasteiger partial charge in [-0.25, -0.2) is 0 Å². The first-order valence-electron chi connectivity index (χ1n) is 6.71. The van der Waals surface area contributed by atoms with E-state index in [1.807, 2.05) is 0 Å². The van der Waals surface area contributed by atoms with Crippen molar-refractivity contribution in [2.45, 2.75) is 11.1 Å². The number of hydrogen-bond acceptors (Lipinski definition) is 4. The Morgan fingerprint density at radius 1 is 1.24 bits per heavy atom. The summed E-state index contributed by atoms with van der Waals surface area (Å²) in [6.45, 7) is 0. The van der Waals surface area contributed by atoms with E-state index in [4.69, 9.17) is 11.6 Å². The number of amides is 1. The molecule has 0 heterocycles. The Kier molecular flexibility index (Phi) is 5.91. The van der Waals surface area contributed by atoms with Crippen LogP contribution in [0.3, 0.4) is 0 Å². The van der Waals surface area contributed by atoms with Crippen LogP contribution in [0.1, 0.15) is 5.56 Å². The van der Waals surface area contributed by atoms with E-state index in [2.05, 4.69) is 5.32 Å². The minimum Gasteiger partial charge on any atom is -0.324 e. The van der Waals surface area contributed by atoms with E-state index in [1.165, 1.54) is 0 Å². The molecule has 0 spiro atoms. The maximum Gasteiger partial charge on any atom is 0.416 e. The van der Waals surface area contributed by atoms with Crippen molar-refractivity contribution in [2.24, 2.45) is 0 Å². The van der Waals surface area contributed by atoms with E-state index in [0.29, 0.717) is 16.8 Å². The number of nitrogens with one attached hydrogen (secondary N) is 1. The molecule has 1 N–H and O–H groups in total. The van der Waals surface area contributed by atoms with Gasteiger partial charge in [-0.15, -0.1) is 11.8 Å². The second kappa shape index (κ2) is 7.75. The van der Waals surface area contributed by atoms with Crippen molar-refractivity contribution in [3.05, 3.63) is 63.2 Å². The number of hydrogen-bond donors (Lipinski definition) is 1. The Hall–Kier alpha value is -2.26. The molecule has 2 aromatic carbocycles. The second-order valence-electron chi connectivity index (χ2n) is 4.75. The SMILES string of the molecule is O=C(CSc1ccc(C(F)(F)F)cc1[N+](=O)[O-])Nc1ccccc1Cl. The Balaban J connectivity index is 2.11. The van der Waals surface area contributed by atoms with Crippen molar-refractivity contribution in [3.63, 3.8) is 0 Å². The molecule has 0 radical (unpaired) electrons. The second-order valence-corrected chi connectivity index (χ2v) is 6.18. The number of halogens is 4. The average molecular weight is 391 g/mol. The predicted molar refractivity (Wildman–Crippen MR) is 88.9 cm³/mol. The summed E-state index contributed by atoms with van der Waals surface area (Å²) in [5.41, 5.74) is -1.45. The number of nitrogens with zero attached hydrogens (tertiary/aromatic N) is 1. The molecule has 0 aliphatic rings. The van der Waals surface area contributed by atoms with Gasteiger partial charge < -0.3 is 5.32 Å². The van der Waals surface area contributed by atoms with E-state index < -0.39 is 28.3 Å². The van der Waals surface area contributed by atoms with Crippen molar-refractivity contribution in [3.8, 4) is 0 Å². The summed E-state index contributed by atoms with van der Waals surface area (Å²) in [5, 5.41) is 13.8. The average Bonchev–Trinajstić information content (AvgIpc) is 2.54. The molecule has 1 amide bonds. The topological polar surface area (TPSA) is 72.2 Å². The van der Waals surface area contributed by atoms with E-state index in [1.54, 1.807) is 24.3 Å². The van der Waals surface area contributed by atoms with Gasteiger partial charge in [0.1, 0.15) is 0 Å². The number of para-hydroxylation sites is 1. The Morgan fingerprint density at radius 2 is 1.92 bits per heavy atom. The molecule has 0 unspecified atom stereocenters. The number of thioether (sulfide) groups is 1. The van der Waals surface area contributed by atoms with Crippen LogP contribution in [0, 0.1) is 10.1 Å². The third-order valence-electron chi connectivity index (χ3n) is 2.99. The molecule has 2 rings (SSSR count). The van der Waals surface area contributed by atoms with Crippen LogP contribution in [0.4, 0.5) is 24.5 Å². The Morgan fingerprint density at radius 3 is 2.52 bits per heavy atom. The molecule has 0 aliphatic carbocycles. The highest BCUT2D eigenvalue weighted by Gasteiger charge is 2.33. The summed E-state index contributed by atoms with van der Waals surface area (Å²) in [7, 11) is 0. The molecule has 0 bridgehead atoms. The molecule has 10 heteroatoms. The van der Waals surface area contributed by atoms with Crippen LogP contribution in [0.15, 0.2) is 47.4 Å². The normalized spacial score (nSPS) is 11.2. The summed E-state index contributed by atoms with van der Waals surface area (Å²) in [5.74, 6) is -0.718. The quantitative estimate of drug-likeness (QED) is 0.443. The summed E-state index contributed by atoms with van der Waals surface area (Å²) in [4.78, 5) is 21.9. The highest BCUT2D eigenvalue weighted by atomic mass is 35.5. The van der Waals surface area contributed by atoms with E-state index in [9.17, 15) is 28.1 Å². The lowest BCUT2D eigenvalue weighted by Crippen LogP contribution is -2.14. The van der Waals surface area contributed by atoms with Crippen molar-refractivity contribution < 1.29 is 22.9 Å². The first-order chi connectivity index (χ1) is 11.7. The molecule has 0 aliphatic heterocycles. The van der Waals surface area contributed by atoms with Crippen LogP contribution in [-0.4, -0.2) is 16.6 Å². The maximum atomic E-state index is 12.7. The standard InChI is InChI=1S/C15H10ClF3N2O3S/c16-10-3-1-2-4-11(10)20-14(22)8-25-13-6-5-9(15(17,18)19)7-12(13)21(23)24/h1-7H,8H2,(H,20,22). The van der Waals surface area contributed by atoms with Crippen molar-refractivity contribution >= 4 is 40.6 Å². The van der Waals surface area contributed by atoms with Gasteiger partial charge in [-0.3, -0.25) is 14.9 Å². The van der Waals surface area contributed by atoms with Gasteiger partial charge in [0.25, 0.3) is 5.69 Å². The predicted octanol–water partition coefficient (Wildman–Crippen LogP) is 5.00. The van der Waals surface area contributed by atoms with E-state index >= 15 is 0 Å². The van der Waals surface area contributed by atoms with Crippen LogP contribution in [-0.2, 0) is 11.0 Å². The number of anilines is 1. The lowest BCUT2D eigenvalue weighted by atomic mass is 10.2. The van der Waals surface area contributed by atoms with Gasteiger partial charge in [-0.2, -0.15) is 13.2 Å². The van der Waals surface area contributed by atoms with Gasteiger partial charge in [0.15, 0.2) is 0 Å². The van der Waals surface area contributed by atoms with Crippen molar-refractivity contribution in [1.29, 1.82) is 0 Å². The molecule has 0 aromatic heterocycles. The number of benzene rings is 2. The van der Waals surface area contributed by atoms with Crippen LogP contribution in [0.25, 0.3) is 0 Å². The summed E-state index contributed by atoms with van der Waals surface area (Å²) >= 11 is 6.66. The molecular formula is C15H10ClF3N2O3S. The highest BCUT2D eigenvalue weighted by Crippen LogP contribution is 2.36. The van der Waals surface area contributed by atoms with Gasteiger partial charge in [-0.1, -0.05) is 23.7 Å². The van der Waals surface area contributed by atoms with Gasteiger partial charge in [0.05, 0.1) is 31.8 Å². The minimum absolute atomic E-state index is 0.0349. The van der Waals surface area contributed by atoms with Gasteiger partial charge >= 0.3 is 6.18 Å². The first kappa shape index (κ1) is 19.1. The lowest BCUT2D eigenvalue weighted by Gasteiger charge is -2.09. The van der Waals surface area contributed by atoms with Crippen LogP contribution < -0.4 is 5.32 Å². The largest absolute Gasteiger partial charge is 0.416 e. The maximum absolute atomic E-state index is 12.7. The summed E-state index contributed by atoms with van der Waals surface area (Å²) < 4.78 is 38.0. The summed E-state index contributed by atoms with van der Waals surface area (Å²) in [6.07, 6.45) is -4.69. The van der Waals surface area contributed by atoms with Crippen LogP contribution in [0.5, 0.6) is 0 Å². The molecule has 25 heavy (non-hydrogen) atoms. The zero-order valence-corrected chi connectivity index (χ0v) is 13.9. The Bertz CT molecular complexity index is 815. The Labute approximate surface area is 149 Å². The lowest BCUT2D eigenvalue weighted by molar-refractivity contribution is -0.388. The third-order valence-corrected chi connectivity index (χ3v) is 4.38. The van der Waals surface area contributed by atoms with Gasteiger partial charge in [-0.05, 0) is 24.3 Å². The molecule has 0 fully saturated rings. The fourth-order valence-electron chi connectivity index (χ4n) is 1.85. The first-order valence-corrected chi connectivity index (χ1v) is 8.07. The fourth-order valence-corrected chi connectivity index (χ4v) is 2.84. The van der Waals surface area contributed by atoms with Crippen LogP contribution >= 0.6 is 23.4 Å².